The molecule has 3 rings (SSSR count). The minimum Gasteiger partial charge on any atom is -0.335 e. The van der Waals surface area contributed by atoms with E-state index < -0.39 is 0 Å². The monoisotopic (exact) mass is 343 g/mol. The summed E-state index contributed by atoms with van der Waals surface area (Å²) in [5.41, 5.74) is 0.897. The molecule has 2 aromatic rings. The molecule has 0 N–H and O–H groups in total. The smallest absolute Gasteiger partial charge is 0.264 e. The summed E-state index contributed by atoms with van der Waals surface area (Å²) in [5, 5.41) is 1.92. The maximum Gasteiger partial charge on any atom is 0.264 e. The first-order valence-electron chi connectivity index (χ1n) is 8.02. The SMILES string of the molecule is CN(C(=O)CN1CCN(C(=O)c2cccs2)CC1)c1ccccc1. The highest BCUT2D eigenvalue weighted by atomic mass is 32.1. The van der Waals surface area contributed by atoms with E-state index in [0.717, 1.165) is 23.7 Å². The molecule has 0 radical (unpaired) electrons. The first kappa shape index (κ1) is 16.7. The van der Waals surface area contributed by atoms with Gasteiger partial charge in [-0.3, -0.25) is 14.5 Å². The summed E-state index contributed by atoms with van der Waals surface area (Å²) >= 11 is 1.47. The zero-order valence-corrected chi connectivity index (χ0v) is 14.5. The van der Waals surface area contributed by atoms with Crippen molar-refractivity contribution in [2.75, 3.05) is 44.7 Å². The average Bonchev–Trinajstić information content (AvgIpc) is 3.16. The highest BCUT2D eigenvalue weighted by Gasteiger charge is 2.24. The molecular weight excluding hydrogens is 322 g/mol. The molecule has 1 aliphatic rings. The molecular formula is C18H21N3O2S. The molecule has 0 bridgehead atoms. The van der Waals surface area contributed by atoms with Gasteiger partial charge in [0.25, 0.3) is 5.91 Å². The number of para-hydroxylation sites is 1. The lowest BCUT2D eigenvalue weighted by atomic mass is 10.2. The van der Waals surface area contributed by atoms with Crippen molar-refractivity contribution in [3.63, 3.8) is 0 Å². The Labute approximate surface area is 146 Å². The molecule has 0 aliphatic carbocycles. The Hall–Kier alpha value is -2.18. The lowest BCUT2D eigenvalue weighted by Crippen LogP contribution is -2.51. The lowest BCUT2D eigenvalue weighted by Gasteiger charge is -2.34. The minimum absolute atomic E-state index is 0.0687. The Kier molecular flexibility index (Phi) is 5.27. The van der Waals surface area contributed by atoms with E-state index in [2.05, 4.69) is 4.90 Å². The Balaban J connectivity index is 1.50. The van der Waals surface area contributed by atoms with E-state index in [1.165, 1.54) is 11.3 Å². The van der Waals surface area contributed by atoms with E-state index in [1.54, 1.807) is 11.9 Å². The topological polar surface area (TPSA) is 43.9 Å². The van der Waals surface area contributed by atoms with Gasteiger partial charge in [-0.2, -0.15) is 0 Å². The predicted molar refractivity (Wildman–Crippen MR) is 96.5 cm³/mol. The maximum atomic E-state index is 12.4. The van der Waals surface area contributed by atoms with E-state index >= 15 is 0 Å². The number of likely N-dealkylation sites (N-methyl/N-ethyl adjacent to an activating group) is 1. The standard InChI is InChI=1S/C18H21N3O2S/c1-19(15-6-3-2-4-7-15)17(22)14-20-9-11-21(12-10-20)18(23)16-8-5-13-24-16/h2-8,13H,9-12,14H2,1H3. The summed E-state index contributed by atoms with van der Waals surface area (Å²) in [4.78, 5) is 31.2. The molecule has 6 heteroatoms. The fourth-order valence-electron chi connectivity index (χ4n) is 2.76. The van der Waals surface area contributed by atoms with E-state index in [4.69, 9.17) is 0 Å². The Morgan fingerprint density at radius 2 is 1.75 bits per heavy atom. The number of amides is 2. The predicted octanol–water partition coefficient (Wildman–Crippen LogP) is 2.17. The van der Waals surface area contributed by atoms with Gasteiger partial charge in [0, 0.05) is 38.9 Å². The van der Waals surface area contributed by atoms with Crippen LogP contribution in [-0.2, 0) is 4.79 Å². The van der Waals surface area contributed by atoms with Gasteiger partial charge in [-0.25, -0.2) is 0 Å². The number of hydrogen-bond acceptors (Lipinski definition) is 4. The van der Waals surface area contributed by atoms with Crippen LogP contribution < -0.4 is 4.90 Å². The molecule has 0 saturated carbocycles. The van der Waals surface area contributed by atoms with Crippen molar-refractivity contribution in [1.82, 2.24) is 9.80 Å². The fourth-order valence-corrected chi connectivity index (χ4v) is 3.45. The second-order valence-corrected chi connectivity index (χ2v) is 6.78. The first-order chi connectivity index (χ1) is 11.6. The van der Waals surface area contributed by atoms with Gasteiger partial charge in [0.15, 0.2) is 0 Å². The van der Waals surface area contributed by atoms with Gasteiger partial charge < -0.3 is 9.80 Å². The second-order valence-electron chi connectivity index (χ2n) is 5.83. The zero-order valence-electron chi connectivity index (χ0n) is 13.7. The first-order valence-corrected chi connectivity index (χ1v) is 8.90. The molecule has 1 aromatic heterocycles. The van der Waals surface area contributed by atoms with E-state index in [0.29, 0.717) is 19.6 Å². The number of piperazine rings is 1. The molecule has 0 unspecified atom stereocenters. The molecule has 0 atom stereocenters. The van der Waals surface area contributed by atoms with E-state index in [1.807, 2.05) is 52.7 Å². The quantitative estimate of drug-likeness (QED) is 0.855. The highest BCUT2D eigenvalue weighted by molar-refractivity contribution is 7.12. The van der Waals surface area contributed by atoms with Crippen molar-refractivity contribution in [2.24, 2.45) is 0 Å². The molecule has 2 heterocycles. The molecule has 1 saturated heterocycles. The number of anilines is 1. The van der Waals surface area contributed by atoms with Crippen LogP contribution in [0.3, 0.4) is 0 Å². The van der Waals surface area contributed by atoms with Crippen molar-refractivity contribution in [3.05, 3.63) is 52.7 Å². The van der Waals surface area contributed by atoms with Crippen molar-refractivity contribution >= 4 is 28.8 Å². The third-order valence-corrected chi connectivity index (χ3v) is 5.13. The molecule has 2 amide bonds. The fraction of sp³-hybridized carbons (Fsp3) is 0.333. The molecule has 1 aliphatic heterocycles. The van der Waals surface area contributed by atoms with Crippen LogP contribution in [0.25, 0.3) is 0 Å². The van der Waals surface area contributed by atoms with Gasteiger partial charge in [0.1, 0.15) is 0 Å². The summed E-state index contributed by atoms with van der Waals surface area (Å²) in [6, 6.07) is 13.4. The number of nitrogens with zero attached hydrogens (tertiary/aromatic N) is 3. The molecule has 24 heavy (non-hydrogen) atoms. The van der Waals surface area contributed by atoms with Crippen LogP contribution in [0.15, 0.2) is 47.8 Å². The van der Waals surface area contributed by atoms with E-state index in [-0.39, 0.29) is 11.8 Å². The van der Waals surface area contributed by atoms with Crippen LogP contribution in [0.4, 0.5) is 5.69 Å². The summed E-state index contributed by atoms with van der Waals surface area (Å²) in [7, 11) is 1.80. The molecule has 126 valence electrons. The Morgan fingerprint density at radius 1 is 1.04 bits per heavy atom. The number of carbonyl (C=O) groups is 2. The summed E-state index contributed by atoms with van der Waals surface area (Å²) in [6.07, 6.45) is 0. The maximum absolute atomic E-state index is 12.4. The normalized spacial score (nSPS) is 15.3. The van der Waals surface area contributed by atoms with Gasteiger partial charge in [-0.05, 0) is 23.6 Å². The highest BCUT2D eigenvalue weighted by Crippen LogP contribution is 2.15. The largest absolute Gasteiger partial charge is 0.335 e. The van der Waals surface area contributed by atoms with Crippen LogP contribution in [0, 0.1) is 0 Å². The Bertz CT molecular complexity index is 680. The number of thiophene rings is 1. The van der Waals surface area contributed by atoms with Gasteiger partial charge in [-0.15, -0.1) is 11.3 Å². The van der Waals surface area contributed by atoms with Crippen molar-refractivity contribution in [1.29, 1.82) is 0 Å². The summed E-state index contributed by atoms with van der Waals surface area (Å²) in [5.74, 6) is 0.164. The molecule has 1 aromatic carbocycles. The lowest BCUT2D eigenvalue weighted by molar-refractivity contribution is -0.119. The minimum atomic E-state index is 0.0687. The van der Waals surface area contributed by atoms with Crippen LogP contribution in [0.5, 0.6) is 0 Å². The van der Waals surface area contributed by atoms with Crippen LogP contribution in [0.1, 0.15) is 9.67 Å². The molecule has 0 spiro atoms. The second kappa shape index (κ2) is 7.59. The van der Waals surface area contributed by atoms with Crippen LogP contribution in [-0.4, -0.2) is 61.4 Å². The summed E-state index contributed by atoms with van der Waals surface area (Å²) in [6.45, 7) is 3.17. The van der Waals surface area contributed by atoms with Crippen molar-refractivity contribution in [2.45, 2.75) is 0 Å². The van der Waals surface area contributed by atoms with Gasteiger partial charge >= 0.3 is 0 Å². The third-order valence-electron chi connectivity index (χ3n) is 4.27. The third kappa shape index (κ3) is 3.83. The number of benzene rings is 1. The molecule has 5 nitrogen and oxygen atoms in total. The number of hydrogen-bond donors (Lipinski definition) is 0. The molecule has 1 fully saturated rings. The summed E-state index contributed by atoms with van der Waals surface area (Å²) < 4.78 is 0. The average molecular weight is 343 g/mol. The Morgan fingerprint density at radius 3 is 2.38 bits per heavy atom. The van der Waals surface area contributed by atoms with Crippen molar-refractivity contribution < 1.29 is 9.59 Å². The number of rotatable bonds is 4. The van der Waals surface area contributed by atoms with Gasteiger partial charge in [0.05, 0.1) is 11.4 Å². The van der Waals surface area contributed by atoms with Gasteiger partial charge in [0.2, 0.25) is 5.91 Å². The zero-order chi connectivity index (χ0) is 16.9. The van der Waals surface area contributed by atoms with E-state index in [9.17, 15) is 9.59 Å². The van der Waals surface area contributed by atoms with Gasteiger partial charge in [-0.1, -0.05) is 24.3 Å². The van der Waals surface area contributed by atoms with Crippen molar-refractivity contribution in [3.8, 4) is 0 Å². The number of carbonyl (C=O) groups excluding carboxylic acids is 2. The van der Waals surface area contributed by atoms with Crippen LogP contribution in [0.2, 0.25) is 0 Å². The van der Waals surface area contributed by atoms with Crippen LogP contribution >= 0.6 is 11.3 Å².